The molecule has 1 aliphatic rings. The lowest BCUT2D eigenvalue weighted by Gasteiger charge is -2.16. The quantitative estimate of drug-likeness (QED) is 0.757. The van der Waals surface area contributed by atoms with Gasteiger partial charge in [0.1, 0.15) is 17.6 Å². The van der Waals surface area contributed by atoms with Crippen molar-refractivity contribution in [3.8, 4) is 17.6 Å². The van der Waals surface area contributed by atoms with Crippen molar-refractivity contribution in [2.75, 3.05) is 6.61 Å². The van der Waals surface area contributed by atoms with E-state index in [2.05, 4.69) is 12.1 Å². The van der Waals surface area contributed by atoms with Gasteiger partial charge >= 0.3 is 0 Å². The minimum atomic E-state index is 0.0608. The van der Waals surface area contributed by atoms with Crippen LogP contribution in [0.5, 0.6) is 11.5 Å². The molecule has 3 heteroatoms. The van der Waals surface area contributed by atoms with Crippen LogP contribution >= 0.6 is 0 Å². The molecule has 0 amide bonds. The van der Waals surface area contributed by atoms with Crippen LogP contribution < -0.4 is 4.74 Å². The second-order valence-electron chi connectivity index (χ2n) is 6.41. The Hall–Kier alpha value is -2.73. The van der Waals surface area contributed by atoms with Gasteiger partial charge in [-0.1, -0.05) is 42.7 Å². The third kappa shape index (κ3) is 4.42. The number of hydrogen-bond acceptors (Lipinski definition) is 3. The summed E-state index contributed by atoms with van der Waals surface area (Å²) in [5, 5.41) is 18.3. The number of phenolic OH excluding ortho intramolecular Hbond substituents is 1. The Morgan fingerprint density at radius 3 is 2.00 bits per heavy atom. The molecule has 0 aromatic heterocycles. The molecule has 1 N–H and O–H groups in total. The molecule has 3 rings (SSSR count). The van der Waals surface area contributed by atoms with E-state index >= 15 is 0 Å². The summed E-state index contributed by atoms with van der Waals surface area (Å²) >= 11 is 0. The maximum Gasteiger partial charge on any atom is 0.174 e. The van der Waals surface area contributed by atoms with E-state index < -0.39 is 0 Å². The van der Waals surface area contributed by atoms with Gasteiger partial charge in [-0.25, -0.2) is 0 Å². The van der Waals surface area contributed by atoms with Gasteiger partial charge in [0, 0.05) is 0 Å². The van der Waals surface area contributed by atoms with Crippen molar-refractivity contribution in [2.45, 2.75) is 38.5 Å². The van der Waals surface area contributed by atoms with E-state index in [0.717, 1.165) is 24.0 Å². The zero-order valence-corrected chi connectivity index (χ0v) is 14.4. The molecule has 2 aromatic carbocycles. The lowest BCUT2D eigenvalue weighted by Crippen LogP contribution is -1.97. The highest BCUT2D eigenvalue weighted by molar-refractivity contribution is 5.82. The molecule has 0 bridgehead atoms. The Morgan fingerprint density at radius 1 is 0.880 bits per heavy atom. The van der Waals surface area contributed by atoms with Gasteiger partial charge in [0.15, 0.2) is 6.61 Å². The molecule has 2 aromatic rings. The average Bonchev–Trinajstić information content (AvgIpc) is 2.92. The molecule has 128 valence electrons. The number of hydrogen-bond donors (Lipinski definition) is 1. The third-order valence-corrected chi connectivity index (χ3v) is 4.66. The topological polar surface area (TPSA) is 53.2 Å². The zero-order valence-electron chi connectivity index (χ0n) is 14.4. The summed E-state index contributed by atoms with van der Waals surface area (Å²) in [7, 11) is 0. The summed E-state index contributed by atoms with van der Waals surface area (Å²) in [6.07, 6.45) is 7.33. The predicted octanol–water partition coefficient (Wildman–Crippen LogP) is 5.45. The van der Waals surface area contributed by atoms with Crippen molar-refractivity contribution in [2.24, 2.45) is 0 Å². The first-order valence-electron chi connectivity index (χ1n) is 8.89. The first-order chi connectivity index (χ1) is 12.3. The van der Waals surface area contributed by atoms with Gasteiger partial charge in [-0.3, -0.25) is 0 Å². The van der Waals surface area contributed by atoms with Gasteiger partial charge in [-0.2, -0.15) is 5.26 Å². The molecule has 1 fully saturated rings. The fourth-order valence-corrected chi connectivity index (χ4v) is 3.44. The van der Waals surface area contributed by atoms with E-state index in [0.29, 0.717) is 5.75 Å². The Labute approximate surface area is 149 Å². The minimum absolute atomic E-state index is 0.0608. The normalized spacial score (nSPS) is 14.4. The van der Waals surface area contributed by atoms with Crippen molar-refractivity contribution in [3.63, 3.8) is 0 Å². The molecule has 1 saturated carbocycles. The van der Waals surface area contributed by atoms with Gasteiger partial charge in [-0.15, -0.1) is 0 Å². The second kappa shape index (κ2) is 8.39. The van der Waals surface area contributed by atoms with Crippen molar-refractivity contribution < 1.29 is 9.84 Å². The number of phenols is 1. The van der Waals surface area contributed by atoms with Crippen LogP contribution in [0.2, 0.25) is 0 Å². The zero-order chi connectivity index (χ0) is 17.5. The first kappa shape index (κ1) is 17.1. The van der Waals surface area contributed by atoms with Gasteiger partial charge in [0.05, 0.1) is 0 Å². The number of nitriles is 1. The van der Waals surface area contributed by atoms with Crippen molar-refractivity contribution in [1.29, 1.82) is 5.26 Å². The van der Waals surface area contributed by atoms with Gasteiger partial charge < -0.3 is 9.84 Å². The molecule has 3 nitrogen and oxygen atoms in total. The first-order valence-corrected chi connectivity index (χ1v) is 8.89. The van der Waals surface area contributed by atoms with Gasteiger partial charge in [0.2, 0.25) is 0 Å². The van der Waals surface area contributed by atoms with Gasteiger partial charge in [-0.05, 0) is 66.6 Å². The van der Waals surface area contributed by atoms with Crippen molar-refractivity contribution in [1.82, 2.24) is 0 Å². The number of ether oxygens (including phenoxy) is 1. The Morgan fingerprint density at radius 2 is 1.44 bits per heavy atom. The summed E-state index contributed by atoms with van der Waals surface area (Å²) in [5.74, 6) is 0.996. The lowest BCUT2D eigenvalue weighted by atomic mass is 9.89. The Kier molecular flexibility index (Phi) is 5.74. The Balaban J connectivity index is 2.00. The van der Waals surface area contributed by atoms with E-state index in [4.69, 9.17) is 10.00 Å². The maximum atomic E-state index is 9.62. The predicted molar refractivity (Wildman–Crippen MR) is 99.4 cm³/mol. The van der Waals surface area contributed by atoms with Crippen LogP contribution in [0.1, 0.15) is 49.7 Å². The fourth-order valence-electron chi connectivity index (χ4n) is 3.44. The van der Waals surface area contributed by atoms with Crippen molar-refractivity contribution in [3.05, 3.63) is 65.2 Å². The molecule has 0 unspecified atom stereocenters. The minimum Gasteiger partial charge on any atom is -0.508 e. The van der Waals surface area contributed by atoms with Crippen LogP contribution in [0, 0.1) is 11.3 Å². The number of benzene rings is 2. The molecule has 25 heavy (non-hydrogen) atoms. The van der Waals surface area contributed by atoms with Crippen LogP contribution in [0.3, 0.4) is 0 Å². The number of allylic oxidation sites excluding steroid dienone is 1. The number of aromatic hydroxyl groups is 1. The van der Waals surface area contributed by atoms with E-state index in [1.807, 2.05) is 30.3 Å². The summed E-state index contributed by atoms with van der Waals surface area (Å²) in [6.45, 7) is 0.0608. The van der Waals surface area contributed by atoms with E-state index in [1.54, 1.807) is 12.1 Å². The third-order valence-electron chi connectivity index (χ3n) is 4.66. The Bertz CT molecular complexity index is 757. The number of nitrogens with zero attached hydrogens (tertiary/aromatic N) is 1. The standard InChI is InChI=1S/C22H23NO2/c23-15-16-25-21-13-9-19(10-14-21)22(17-5-3-1-2-4-6-17)18-7-11-20(24)12-8-18/h7-14,24H,1-6,16H2. The summed E-state index contributed by atoms with van der Waals surface area (Å²) in [5.41, 5.74) is 5.06. The monoisotopic (exact) mass is 333 g/mol. The average molecular weight is 333 g/mol. The van der Waals surface area contributed by atoms with Crippen LogP contribution in [-0.4, -0.2) is 11.7 Å². The summed E-state index contributed by atoms with van der Waals surface area (Å²) in [6, 6.07) is 17.4. The highest BCUT2D eigenvalue weighted by atomic mass is 16.5. The van der Waals surface area contributed by atoms with E-state index in [9.17, 15) is 5.11 Å². The SMILES string of the molecule is N#CCOc1ccc(C(=C2CCCCCC2)c2ccc(O)cc2)cc1. The largest absolute Gasteiger partial charge is 0.508 e. The van der Waals surface area contributed by atoms with E-state index in [1.165, 1.54) is 36.8 Å². The molecule has 0 heterocycles. The molecule has 0 spiro atoms. The van der Waals surface area contributed by atoms with Crippen LogP contribution in [0.4, 0.5) is 0 Å². The van der Waals surface area contributed by atoms with Crippen LogP contribution in [0.15, 0.2) is 54.1 Å². The second-order valence-corrected chi connectivity index (χ2v) is 6.41. The van der Waals surface area contributed by atoms with Gasteiger partial charge in [0.25, 0.3) is 0 Å². The summed E-state index contributed by atoms with van der Waals surface area (Å²) in [4.78, 5) is 0. The number of rotatable bonds is 4. The molecule has 0 saturated heterocycles. The smallest absolute Gasteiger partial charge is 0.174 e. The summed E-state index contributed by atoms with van der Waals surface area (Å²) < 4.78 is 5.37. The molecule has 0 radical (unpaired) electrons. The highest BCUT2D eigenvalue weighted by Gasteiger charge is 2.14. The van der Waals surface area contributed by atoms with E-state index in [-0.39, 0.29) is 12.4 Å². The molecule has 0 atom stereocenters. The highest BCUT2D eigenvalue weighted by Crippen LogP contribution is 2.35. The van der Waals surface area contributed by atoms with Crippen LogP contribution in [0.25, 0.3) is 5.57 Å². The maximum absolute atomic E-state index is 9.62. The molecular formula is C22H23NO2. The van der Waals surface area contributed by atoms with Crippen molar-refractivity contribution >= 4 is 5.57 Å². The van der Waals surface area contributed by atoms with Crippen LogP contribution in [-0.2, 0) is 0 Å². The lowest BCUT2D eigenvalue weighted by molar-refractivity contribution is 0.368. The molecule has 0 aliphatic heterocycles. The fraction of sp³-hybridized carbons (Fsp3) is 0.318. The molecular weight excluding hydrogens is 310 g/mol. The molecule has 1 aliphatic carbocycles.